The average Bonchev–Trinajstić information content (AvgIpc) is 3.35. The lowest BCUT2D eigenvalue weighted by molar-refractivity contribution is -0.116. The van der Waals surface area contributed by atoms with Gasteiger partial charge in [0.15, 0.2) is 5.13 Å². The van der Waals surface area contributed by atoms with Crippen molar-refractivity contribution < 1.29 is 19.1 Å². The first kappa shape index (κ1) is 19.4. The Kier molecular flexibility index (Phi) is 5.95. The molecule has 2 heterocycles. The molecule has 8 nitrogen and oxygen atoms in total. The first-order chi connectivity index (χ1) is 13.5. The van der Waals surface area contributed by atoms with Crippen molar-refractivity contribution in [3.8, 4) is 22.8 Å². The van der Waals surface area contributed by atoms with Crippen LogP contribution in [0.1, 0.15) is 22.5 Å². The van der Waals surface area contributed by atoms with Crippen LogP contribution in [0.25, 0.3) is 11.3 Å². The number of aryl methyl sites for hydroxylation is 1. The van der Waals surface area contributed by atoms with E-state index in [1.54, 1.807) is 31.9 Å². The van der Waals surface area contributed by atoms with Gasteiger partial charge in [0.2, 0.25) is 5.91 Å². The third-order valence-electron chi connectivity index (χ3n) is 4.10. The van der Waals surface area contributed by atoms with E-state index in [-0.39, 0.29) is 12.3 Å². The molecular formula is C19H20N4O4S. The van der Waals surface area contributed by atoms with Gasteiger partial charge < -0.3 is 25.5 Å². The van der Waals surface area contributed by atoms with Gasteiger partial charge in [0, 0.05) is 23.6 Å². The Morgan fingerprint density at radius 1 is 1.25 bits per heavy atom. The SMILES string of the molecule is COc1ccc(OC)c(CCC(=O)Nc2nc(-c3c[nH]c(C(N)=O)c3)cs2)c1. The predicted octanol–water partition coefficient (Wildman–Crippen LogP) is 2.83. The van der Waals surface area contributed by atoms with Gasteiger partial charge in [-0.2, -0.15) is 0 Å². The van der Waals surface area contributed by atoms with Gasteiger partial charge in [0.1, 0.15) is 17.2 Å². The molecule has 1 aromatic carbocycles. The van der Waals surface area contributed by atoms with E-state index in [9.17, 15) is 9.59 Å². The molecule has 3 aromatic rings. The lowest BCUT2D eigenvalue weighted by Gasteiger charge is -2.10. The summed E-state index contributed by atoms with van der Waals surface area (Å²) in [6.45, 7) is 0. The predicted molar refractivity (Wildman–Crippen MR) is 107 cm³/mol. The minimum atomic E-state index is -0.539. The molecule has 0 bridgehead atoms. The highest BCUT2D eigenvalue weighted by molar-refractivity contribution is 7.14. The van der Waals surface area contributed by atoms with Crippen LogP contribution in [-0.4, -0.2) is 36.0 Å². The maximum Gasteiger partial charge on any atom is 0.265 e. The molecule has 9 heteroatoms. The molecule has 0 saturated heterocycles. The topological polar surface area (TPSA) is 119 Å². The Labute approximate surface area is 165 Å². The number of carbonyl (C=O) groups is 2. The third-order valence-corrected chi connectivity index (χ3v) is 4.86. The van der Waals surface area contributed by atoms with Crippen molar-refractivity contribution in [2.45, 2.75) is 12.8 Å². The number of anilines is 1. The Balaban J connectivity index is 1.61. The molecule has 0 radical (unpaired) electrons. The summed E-state index contributed by atoms with van der Waals surface area (Å²) in [4.78, 5) is 30.6. The van der Waals surface area contributed by atoms with E-state index in [2.05, 4.69) is 15.3 Å². The molecule has 146 valence electrons. The Bertz CT molecular complexity index is 995. The number of amides is 2. The van der Waals surface area contributed by atoms with E-state index in [4.69, 9.17) is 15.2 Å². The number of methoxy groups -OCH3 is 2. The van der Waals surface area contributed by atoms with Crippen molar-refractivity contribution in [1.82, 2.24) is 9.97 Å². The number of benzene rings is 1. The Hall–Kier alpha value is -3.33. The largest absolute Gasteiger partial charge is 0.497 e. The molecule has 0 unspecified atom stereocenters. The molecule has 4 N–H and O–H groups in total. The van der Waals surface area contributed by atoms with E-state index in [0.717, 1.165) is 11.1 Å². The molecule has 0 fully saturated rings. The Morgan fingerprint density at radius 3 is 2.75 bits per heavy atom. The van der Waals surface area contributed by atoms with Crippen molar-refractivity contribution in [1.29, 1.82) is 0 Å². The van der Waals surface area contributed by atoms with Crippen LogP contribution in [0.2, 0.25) is 0 Å². The lowest BCUT2D eigenvalue weighted by atomic mass is 10.1. The number of aromatic nitrogens is 2. The van der Waals surface area contributed by atoms with E-state index in [1.165, 1.54) is 11.3 Å². The fraction of sp³-hybridized carbons (Fsp3) is 0.211. The van der Waals surface area contributed by atoms with Crippen LogP contribution >= 0.6 is 11.3 Å². The number of carbonyl (C=O) groups excluding carboxylic acids is 2. The fourth-order valence-corrected chi connectivity index (χ4v) is 3.39. The molecule has 0 atom stereocenters. The van der Waals surface area contributed by atoms with Gasteiger partial charge >= 0.3 is 0 Å². The summed E-state index contributed by atoms with van der Waals surface area (Å²) in [7, 11) is 3.18. The number of rotatable bonds is 8. The van der Waals surface area contributed by atoms with Crippen LogP contribution < -0.4 is 20.5 Å². The molecule has 0 saturated carbocycles. The summed E-state index contributed by atoms with van der Waals surface area (Å²) < 4.78 is 10.6. The van der Waals surface area contributed by atoms with E-state index < -0.39 is 5.91 Å². The average molecular weight is 400 g/mol. The minimum Gasteiger partial charge on any atom is -0.497 e. The first-order valence-corrected chi connectivity index (χ1v) is 9.33. The second-order valence-electron chi connectivity index (χ2n) is 5.93. The van der Waals surface area contributed by atoms with Gasteiger partial charge in [-0.1, -0.05) is 0 Å². The van der Waals surface area contributed by atoms with Crippen LogP contribution in [0, 0.1) is 0 Å². The number of primary amides is 1. The molecule has 0 aliphatic heterocycles. The molecule has 3 rings (SSSR count). The number of nitrogens with zero attached hydrogens (tertiary/aromatic N) is 1. The number of nitrogens with two attached hydrogens (primary N) is 1. The second-order valence-corrected chi connectivity index (χ2v) is 6.79. The van der Waals surface area contributed by atoms with Crippen LogP contribution in [0.4, 0.5) is 5.13 Å². The number of ether oxygens (including phenoxy) is 2. The molecule has 2 aromatic heterocycles. The van der Waals surface area contributed by atoms with Crippen molar-refractivity contribution in [3.63, 3.8) is 0 Å². The third kappa shape index (κ3) is 4.49. The van der Waals surface area contributed by atoms with Gasteiger partial charge in [0.05, 0.1) is 19.9 Å². The van der Waals surface area contributed by atoms with Crippen LogP contribution in [0.3, 0.4) is 0 Å². The highest BCUT2D eigenvalue weighted by Gasteiger charge is 2.12. The summed E-state index contributed by atoms with van der Waals surface area (Å²) in [5, 5.41) is 5.08. The number of thiazole rings is 1. The zero-order valence-corrected chi connectivity index (χ0v) is 16.3. The summed E-state index contributed by atoms with van der Waals surface area (Å²) in [6, 6.07) is 7.11. The smallest absolute Gasteiger partial charge is 0.265 e. The summed E-state index contributed by atoms with van der Waals surface area (Å²) >= 11 is 1.31. The molecule has 2 amide bonds. The number of nitrogens with one attached hydrogen (secondary N) is 2. The normalized spacial score (nSPS) is 10.5. The van der Waals surface area contributed by atoms with E-state index >= 15 is 0 Å². The molecule has 0 aliphatic carbocycles. The van der Waals surface area contributed by atoms with Gasteiger partial charge in [0.25, 0.3) is 5.91 Å². The monoisotopic (exact) mass is 400 g/mol. The van der Waals surface area contributed by atoms with Gasteiger partial charge in [-0.3, -0.25) is 9.59 Å². The maximum absolute atomic E-state index is 12.3. The minimum absolute atomic E-state index is 0.155. The number of H-pyrrole nitrogens is 1. The highest BCUT2D eigenvalue weighted by Crippen LogP contribution is 2.27. The van der Waals surface area contributed by atoms with Crippen molar-refractivity contribution in [2.24, 2.45) is 5.73 Å². The molecule has 0 aliphatic rings. The van der Waals surface area contributed by atoms with Crippen LogP contribution in [0.5, 0.6) is 11.5 Å². The van der Waals surface area contributed by atoms with Crippen LogP contribution in [0.15, 0.2) is 35.8 Å². The van der Waals surface area contributed by atoms with Crippen molar-refractivity contribution in [3.05, 3.63) is 47.1 Å². The summed E-state index contributed by atoms with van der Waals surface area (Å²) in [5.74, 6) is 0.728. The highest BCUT2D eigenvalue weighted by atomic mass is 32.1. The zero-order valence-electron chi connectivity index (χ0n) is 15.4. The lowest BCUT2D eigenvalue weighted by Crippen LogP contribution is -2.12. The van der Waals surface area contributed by atoms with Gasteiger partial charge in [-0.15, -0.1) is 11.3 Å². The molecule has 0 spiro atoms. The standard InChI is InChI=1S/C19H20N4O4S/c1-26-13-4-5-16(27-2)11(7-13)3-6-17(24)23-19-22-15(10-28-19)12-8-14(18(20)25)21-9-12/h4-5,7-10,21H,3,6H2,1-2H3,(H2,20,25)(H,22,23,24). The second kappa shape index (κ2) is 8.57. The maximum atomic E-state index is 12.3. The number of hydrogen-bond acceptors (Lipinski definition) is 6. The summed E-state index contributed by atoms with van der Waals surface area (Å²) in [6.07, 6.45) is 2.43. The fourth-order valence-electron chi connectivity index (χ4n) is 2.66. The zero-order chi connectivity index (χ0) is 20.1. The number of hydrogen-bond donors (Lipinski definition) is 3. The van der Waals surface area contributed by atoms with Crippen molar-refractivity contribution in [2.75, 3.05) is 19.5 Å². The van der Waals surface area contributed by atoms with E-state index in [1.807, 2.05) is 18.2 Å². The quantitative estimate of drug-likeness (QED) is 0.537. The molecular weight excluding hydrogens is 380 g/mol. The number of aromatic amines is 1. The van der Waals surface area contributed by atoms with Crippen LogP contribution in [-0.2, 0) is 11.2 Å². The van der Waals surface area contributed by atoms with Crippen molar-refractivity contribution >= 4 is 28.3 Å². The van der Waals surface area contributed by atoms with Gasteiger partial charge in [-0.25, -0.2) is 4.98 Å². The van der Waals surface area contributed by atoms with Gasteiger partial charge in [-0.05, 0) is 36.2 Å². The summed E-state index contributed by atoms with van der Waals surface area (Å²) in [5.41, 5.74) is 7.81. The molecule has 28 heavy (non-hydrogen) atoms. The Morgan fingerprint density at radius 2 is 2.07 bits per heavy atom. The van der Waals surface area contributed by atoms with E-state index in [0.29, 0.717) is 34.4 Å². The first-order valence-electron chi connectivity index (χ1n) is 8.45.